The topological polar surface area (TPSA) is 37.9 Å². The van der Waals surface area contributed by atoms with E-state index in [9.17, 15) is 0 Å². The SMILES string of the molecule is COc1ccc(-c2nc(-c3cccc4ccccc34)c(C)[nH]2)cc1. The molecule has 1 heterocycles. The Bertz CT molecular complexity index is 995. The molecule has 0 saturated carbocycles. The third-order valence-electron chi connectivity index (χ3n) is 4.29. The number of hydrogen-bond donors (Lipinski definition) is 1. The first kappa shape index (κ1) is 14.5. The minimum Gasteiger partial charge on any atom is -0.497 e. The molecule has 1 N–H and O–H groups in total. The number of fused-ring (bicyclic) bond motifs is 1. The largest absolute Gasteiger partial charge is 0.497 e. The van der Waals surface area contributed by atoms with Crippen molar-refractivity contribution in [2.75, 3.05) is 7.11 Å². The third kappa shape index (κ3) is 2.44. The molecule has 1 aromatic heterocycles. The van der Waals surface area contributed by atoms with Gasteiger partial charge in [-0.3, -0.25) is 0 Å². The number of nitrogens with one attached hydrogen (secondary N) is 1. The second-order valence-electron chi connectivity index (χ2n) is 5.81. The third-order valence-corrected chi connectivity index (χ3v) is 4.29. The lowest BCUT2D eigenvalue weighted by atomic mass is 10.0. The van der Waals surface area contributed by atoms with Crippen LogP contribution in [0.1, 0.15) is 5.69 Å². The number of aromatic amines is 1. The number of imidazole rings is 1. The predicted molar refractivity (Wildman–Crippen MR) is 98.3 cm³/mol. The summed E-state index contributed by atoms with van der Waals surface area (Å²) >= 11 is 0. The van der Waals surface area contributed by atoms with Gasteiger partial charge in [-0.25, -0.2) is 4.98 Å². The second kappa shape index (κ2) is 5.85. The van der Waals surface area contributed by atoms with Crippen molar-refractivity contribution in [3.63, 3.8) is 0 Å². The highest BCUT2D eigenvalue weighted by Crippen LogP contribution is 2.31. The average molecular weight is 314 g/mol. The minimum absolute atomic E-state index is 0.844. The zero-order valence-corrected chi connectivity index (χ0v) is 13.7. The maximum atomic E-state index is 5.22. The van der Waals surface area contributed by atoms with E-state index in [1.54, 1.807) is 7.11 Å². The van der Waals surface area contributed by atoms with Gasteiger partial charge in [0, 0.05) is 16.8 Å². The Kier molecular flexibility index (Phi) is 3.54. The molecule has 0 fully saturated rings. The van der Waals surface area contributed by atoms with Gasteiger partial charge in [-0.05, 0) is 42.0 Å². The van der Waals surface area contributed by atoms with Crippen LogP contribution in [0.5, 0.6) is 5.75 Å². The van der Waals surface area contributed by atoms with Crippen molar-refractivity contribution in [3.05, 3.63) is 72.4 Å². The lowest BCUT2D eigenvalue weighted by molar-refractivity contribution is 0.415. The molecule has 0 aliphatic rings. The van der Waals surface area contributed by atoms with Gasteiger partial charge in [-0.15, -0.1) is 0 Å². The van der Waals surface area contributed by atoms with Crippen molar-refractivity contribution in [1.29, 1.82) is 0 Å². The molecule has 0 amide bonds. The molecule has 0 unspecified atom stereocenters. The molecule has 0 saturated heterocycles. The van der Waals surface area contributed by atoms with E-state index in [1.165, 1.54) is 10.8 Å². The first-order valence-electron chi connectivity index (χ1n) is 7.95. The number of rotatable bonds is 3. The van der Waals surface area contributed by atoms with Gasteiger partial charge in [0.2, 0.25) is 0 Å². The van der Waals surface area contributed by atoms with Gasteiger partial charge < -0.3 is 9.72 Å². The molecule has 0 spiro atoms. The Balaban J connectivity index is 1.83. The van der Waals surface area contributed by atoms with Crippen molar-refractivity contribution in [1.82, 2.24) is 9.97 Å². The van der Waals surface area contributed by atoms with E-state index in [-0.39, 0.29) is 0 Å². The van der Waals surface area contributed by atoms with Crippen LogP contribution in [0.3, 0.4) is 0 Å². The highest BCUT2D eigenvalue weighted by molar-refractivity contribution is 5.96. The highest BCUT2D eigenvalue weighted by Gasteiger charge is 2.12. The molecule has 4 rings (SSSR count). The van der Waals surface area contributed by atoms with E-state index < -0.39 is 0 Å². The summed E-state index contributed by atoms with van der Waals surface area (Å²) in [6.45, 7) is 2.07. The zero-order chi connectivity index (χ0) is 16.5. The molecule has 24 heavy (non-hydrogen) atoms. The van der Waals surface area contributed by atoms with E-state index in [0.717, 1.165) is 34.1 Å². The summed E-state index contributed by atoms with van der Waals surface area (Å²) in [7, 11) is 1.67. The Morgan fingerprint density at radius 3 is 2.42 bits per heavy atom. The quantitative estimate of drug-likeness (QED) is 0.563. The smallest absolute Gasteiger partial charge is 0.138 e. The molecule has 3 aromatic carbocycles. The van der Waals surface area contributed by atoms with E-state index in [0.29, 0.717) is 0 Å². The number of benzene rings is 3. The fourth-order valence-electron chi connectivity index (χ4n) is 3.04. The molecule has 0 bridgehead atoms. The first-order chi connectivity index (χ1) is 11.8. The molecular formula is C21H18N2O. The first-order valence-corrected chi connectivity index (χ1v) is 7.95. The van der Waals surface area contributed by atoms with Crippen LogP contribution >= 0.6 is 0 Å². The van der Waals surface area contributed by atoms with Crippen molar-refractivity contribution in [2.24, 2.45) is 0 Å². The maximum absolute atomic E-state index is 5.22. The van der Waals surface area contributed by atoms with Crippen LogP contribution < -0.4 is 4.74 Å². The Morgan fingerprint density at radius 1 is 0.875 bits per heavy atom. The number of methoxy groups -OCH3 is 1. The highest BCUT2D eigenvalue weighted by atomic mass is 16.5. The van der Waals surface area contributed by atoms with Crippen LogP contribution in [-0.4, -0.2) is 17.1 Å². The van der Waals surface area contributed by atoms with Gasteiger partial charge >= 0.3 is 0 Å². The normalized spacial score (nSPS) is 10.9. The summed E-state index contributed by atoms with van der Waals surface area (Å²) in [5.74, 6) is 1.72. The standard InChI is InChI=1S/C21H18N2O/c1-14-20(19-9-5-7-15-6-3-4-8-18(15)19)23-21(22-14)16-10-12-17(24-2)13-11-16/h3-13H,1-2H3,(H,22,23). The number of aromatic nitrogens is 2. The van der Waals surface area contributed by atoms with Gasteiger partial charge in [0.25, 0.3) is 0 Å². The van der Waals surface area contributed by atoms with Gasteiger partial charge in [-0.2, -0.15) is 0 Å². The summed E-state index contributed by atoms with van der Waals surface area (Å²) in [6.07, 6.45) is 0. The summed E-state index contributed by atoms with van der Waals surface area (Å²) in [4.78, 5) is 8.27. The lowest BCUT2D eigenvalue weighted by Gasteiger charge is -2.04. The molecular weight excluding hydrogens is 296 g/mol. The molecule has 0 aliphatic heterocycles. The Labute approximate surface area is 140 Å². The van der Waals surface area contributed by atoms with E-state index in [4.69, 9.17) is 9.72 Å². The van der Waals surface area contributed by atoms with E-state index >= 15 is 0 Å². The molecule has 4 aromatic rings. The monoisotopic (exact) mass is 314 g/mol. The number of ether oxygens (including phenoxy) is 1. The fourth-order valence-corrected chi connectivity index (χ4v) is 3.04. The lowest BCUT2D eigenvalue weighted by Crippen LogP contribution is -1.85. The Morgan fingerprint density at radius 2 is 1.62 bits per heavy atom. The molecule has 3 nitrogen and oxygen atoms in total. The summed E-state index contributed by atoms with van der Waals surface area (Å²) in [5.41, 5.74) is 4.27. The molecule has 3 heteroatoms. The van der Waals surface area contributed by atoms with Gasteiger partial charge in [0.05, 0.1) is 12.8 Å². The number of hydrogen-bond acceptors (Lipinski definition) is 2. The molecule has 118 valence electrons. The fraction of sp³-hybridized carbons (Fsp3) is 0.0952. The zero-order valence-electron chi connectivity index (χ0n) is 13.7. The summed E-state index contributed by atoms with van der Waals surface area (Å²) in [6, 6.07) is 22.7. The van der Waals surface area contributed by atoms with Crippen molar-refractivity contribution in [2.45, 2.75) is 6.92 Å². The van der Waals surface area contributed by atoms with Crippen LogP contribution in [0.25, 0.3) is 33.4 Å². The number of aryl methyl sites for hydroxylation is 1. The van der Waals surface area contributed by atoms with Crippen molar-refractivity contribution in [3.8, 4) is 28.4 Å². The van der Waals surface area contributed by atoms with Crippen molar-refractivity contribution < 1.29 is 4.74 Å². The van der Waals surface area contributed by atoms with Gasteiger partial charge in [-0.1, -0.05) is 42.5 Å². The van der Waals surface area contributed by atoms with Crippen LogP contribution in [0.2, 0.25) is 0 Å². The predicted octanol–water partition coefficient (Wildman–Crippen LogP) is 5.21. The average Bonchev–Trinajstić information content (AvgIpc) is 3.03. The van der Waals surface area contributed by atoms with Crippen LogP contribution in [-0.2, 0) is 0 Å². The molecule has 0 radical (unpaired) electrons. The van der Waals surface area contributed by atoms with Crippen LogP contribution in [0, 0.1) is 6.92 Å². The second-order valence-corrected chi connectivity index (χ2v) is 5.81. The summed E-state index contributed by atoms with van der Waals surface area (Å²) < 4.78 is 5.22. The summed E-state index contributed by atoms with van der Waals surface area (Å²) in [5, 5.41) is 2.44. The van der Waals surface area contributed by atoms with Crippen LogP contribution in [0.4, 0.5) is 0 Å². The van der Waals surface area contributed by atoms with E-state index in [2.05, 4.69) is 54.4 Å². The van der Waals surface area contributed by atoms with Crippen molar-refractivity contribution >= 4 is 10.8 Å². The maximum Gasteiger partial charge on any atom is 0.138 e. The van der Waals surface area contributed by atoms with Gasteiger partial charge in [0.15, 0.2) is 0 Å². The minimum atomic E-state index is 0.844. The van der Waals surface area contributed by atoms with Crippen LogP contribution in [0.15, 0.2) is 66.7 Å². The number of H-pyrrole nitrogens is 1. The molecule has 0 aliphatic carbocycles. The number of nitrogens with zero attached hydrogens (tertiary/aromatic N) is 1. The molecule has 0 atom stereocenters. The van der Waals surface area contributed by atoms with Gasteiger partial charge in [0.1, 0.15) is 11.6 Å². The Hall–Kier alpha value is -3.07. The van der Waals surface area contributed by atoms with E-state index in [1.807, 2.05) is 24.3 Å².